The van der Waals surface area contributed by atoms with Gasteiger partial charge in [-0.2, -0.15) is 0 Å². The summed E-state index contributed by atoms with van der Waals surface area (Å²) in [6.45, 7) is 1.71. The number of carbonyl (C=O) groups excluding carboxylic acids is 1. The van der Waals surface area contributed by atoms with Gasteiger partial charge < -0.3 is 10.6 Å². The van der Waals surface area contributed by atoms with E-state index in [0.29, 0.717) is 16.6 Å². The Balaban J connectivity index is 2.48. The first kappa shape index (κ1) is 13.7. The van der Waals surface area contributed by atoms with E-state index in [1.54, 1.807) is 32.2 Å². The van der Waals surface area contributed by atoms with Gasteiger partial charge in [0.2, 0.25) is 5.91 Å². The van der Waals surface area contributed by atoms with Crippen LogP contribution in [-0.2, 0) is 4.79 Å². The van der Waals surface area contributed by atoms with E-state index >= 15 is 0 Å². The molecule has 1 heterocycles. The molecule has 1 atom stereocenters. The summed E-state index contributed by atoms with van der Waals surface area (Å²) in [5.41, 5.74) is 0.875. The minimum absolute atomic E-state index is 0.0567. The van der Waals surface area contributed by atoms with Crippen LogP contribution in [-0.4, -0.2) is 28.9 Å². The number of nitrogens with zero attached hydrogens (tertiary/aromatic N) is 2. The first-order valence-electron chi connectivity index (χ1n) is 6.05. The highest BCUT2D eigenvalue weighted by Crippen LogP contribution is 2.28. The molecule has 104 valence electrons. The van der Waals surface area contributed by atoms with Gasteiger partial charge in [-0.25, -0.2) is 4.98 Å². The smallest absolute Gasteiger partial charge is 0.295 e. The molecule has 0 radical (unpaired) electrons. The maximum atomic E-state index is 11.5. The van der Waals surface area contributed by atoms with Gasteiger partial charge in [0.25, 0.3) is 5.69 Å². The van der Waals surface area contributed by atoms with E-state index in [4.69, 9.17) is 0 Å². The van der Waals surface area contributed by atoms with Crippen LogP contribution in [0, 0.1) is 10.1 Å². The van der Waals surface area contributed by atoms with Crippen molar-refractivity contribution in [2.24, 2.45) is 0 Å². The first-order chi connectivity index (χ1) is 9.54. The van der Waals surface area contributed by atoms with Gasteiger partial charge in [-0.15, -0.1) is 0 Å². The molecule has 1 amide bonds. The predicted molar refractivity (Wildman–Crippen MR) is 75.5 cm³/mol. The number of rotatable bonds is 4. The quantitative estimate of drug-likeness (QED) is 0.653. The Morgan fingerprint density at radius 1 is 1.40 bits per heavy atom. The summed E-state index contributed by atoms with van der Waals surface area (Å²) in [6, 6.07) is 5.96. The van der Waals surface area contributed by atoms with Gasteiger partial charge in [0.1, 0.15) is 11.6 Å². The SMILES string of the molecule is CNC(=O)C(C)Nc1ccnc2c([N+](=O)[O-])cccc12. The van der Waals surface area contributed by atoms with E-state index in [-0.39, 0.29) is 11.6 Å². The summed E-state index contributed by atoms with van der Waals surface area (Å²) in [5.74, 6) is -0.166. The van der Waals surface area contributed by atoms with Crippen molar-refractivity contribution in [3.63, 3.8) is 0 Å². The third kappa shape index (κ3) is 2.51. The Kier molecular flexibility index (Phi) is 3.79. The monoisotopic (exact) mass is 274 g/mol. The fourth-order valence-corrected chi connectivity index (χ4v) is 1.95. The molecule has 2 aromatic rings. The molecule has 1 aromatic heterocycles. The lowest BCUT2D eigenvalue weighted by atomic mass is 10.1. The van der Waals surface area contributed by atoms with Crippen LogP contribution in [0.3, 0.4) is 0 Å². The van der Waals surface area contributed by atoms with Crippen molar-refractivity contribution in [1.29, 1.82) is 0 Å². The van der Waals surface area contributed by atoms with E-state index in [2.05, 4.69) is 15.6 Å². The summed E-state index contributed by atoms with van der Waals surface area (Å²) in [6.07, 6.45) is 1.48. The highest BCUT2D eigenvalue weighted by molar-refractivity contribution is 5.97. The van der Waals surface area contributed by atoms with Crippen LogP contribution < -0.4 is 10.6 Å². The Morgan fingerprint density at radius 2 is 2.15 bits per heavy atom. The Bertz CT molecular complexity index is 672. The van der Waals surface area contributed by atoms with Crippen LogP contribution in [0.4, 0.5) is 11.4 Å². The van der Waals surface area contributed by atoms with Gasteiger partial charge in [0.05, 0.1) is 4.92 Å². The van der Waals surface area contributed by atoms with Crippen LogP contribution >= 0.6 is 0 Å². The molecule has 2 rings (SSSR count). The van der Waals surface area contributed by atoms with Gasteiger partial charge in [-0.05, 0) is 13.0 Å². The number of non-ortho nitro benzene ring substituents is 1. The van der Waals surface area contributed by atoms with Crippen molar-refractivity contribution in [1.82, 2.24) is 10.3 Å². The lowest BCUT2D eigenvalue weighted by molar-refractivity contribution is -0.383. The molecule has 0 spiro atoms. The Labute approximate surface area is 115 Å². The van der Waals surface area contributed by atoms with Crippen molar-refractivity contribution in [3.8, 4) is 0 Å². The van der Waals surface area contributed by atoms with Gasteiger partial charge in [-0.3, -0.25) is 14.9 Å². The van der Waals surface area contributed by atoms with Gasteiger partial charge >= 0.3 is 0 Å². The number of hydrogen-bond donors (Lipinski definition) is 2. The lowest BCUT2D eigenvalue weighted by Gasteiger charge is -2.15. The minimum atomic E-state index is -0.471. The zero-order chi connectivity index (χ0) is 14.7. The van der Waals surface area contributed by atoms with E-state index in [1.807, 2.05) is 0 Å². The number of fused-ring (bicyclic) bond motifs is 1. The molecule has 0 fully saturated rings. The molecule has 20 heavy (non-hydrogen) atoms. The molecule has 0 bridgehead atoms. The van der Waals surface area contributed by atoms with Crippen LogP contribution in [0.1, 0.15) is 6.92 Å². The van der Waals surface area contributed by atoms with E-state index in [1.165, 1.54) is 12.3 Å². The lowest BCUT2D eigenvalue weighted by Crippen LogP contribution is -2.35. The molecule has 0 aliphatic rings. The molecule has 0 saturated carbocycles. The number of hydrogen-bond acceptors (Lipinski definition) is 5. The second-order valence-electron chi connectivity index (χ2n) is 4.27. The number of benzene rings is 1. The number of likely N-dealkylation sites (N-methyl/N-ethyl adjacent to an activating group) is 1. The topological polar surface area (TPSA) is 97.2 Å². The predicted octanol–water partition coefficient (Wildman–Crippen LogP) is 1.69. The fourth-order valence-electron chi connectivity index (χ4n) is 1.95. The van der Waals surface area contributed by atoms with Crippen LogP contribution in [0.5, 0.6) is 0 Å². The molecule has 7 heteroatoms. The summed E-state index contributed by atoms with van der Waals surface area (Å²) in [7, 11) is 1.55. The standard InChI is InChI=1S/C13H14N4O3/c1-8(13(18)14-2)16-10-6-7-15-12-9(10)4-3-5-11(12)17(19)20/h3-8H,1-2H3,(H,14,18)(H,15,16). The van der Waals surface area contributed by atoms with Crippen molar-refractivity contribution < 1.29 is 9.72 Å². The number of nitro groups is 1. The second kappa shape index (κ2) is 5.52. The largest absolute Gasteiger partial charge is 0.373 e. The zero-order valence-corrected chi connectivity index (χ0v) is 11.1. The van der Waals surface area contributed by atoms with Crippen molar-refractivity contribution in [3.05, 3.63) is 40.6 Å². The third-order valence-electron chi connectivity index (χ3n) is 2.96. The van der Waals surface area contributed by atoms with Crippen LogP contribution in [0.25, 0.3) is 10.9 Å². The summed E-state index contributed by atoms with van der Waals surface area (Å²) in [5, 5.41) is 17.2. The van der Waals surface area contributed by atoms with Gasteiger partial charge in [0.15, 0.2) is 0 Å². The second-order valence-corrected chi connectivity index (χ2v) is 4.27. The van der Waals surface area contributed by atoms with Gasteiger partial charge in [0, 0.05) is 30.4 Å². The summed E-state index contributed by atoms with van der Waals surface area (Å²) >= 11 is 0. The zero-order valence-electron chi connectivity index (χ0n) is 11.1. The molecular weight excluding hydrogens is 260 g/mol. The molecule has 7 nitrogen and oxygen atoms in total. The third-order valence-corrected chi connectivity index (χ3v) is 2.96. The maximum absolute atomic E-state index is 11.5. The number of amides is 1. The summed E-state index contributed by atoms with van der Waals surface area (Å²) in [4.78, 5) is 26.1. The highest BCUT2D eigenvalue weighted by Gasteiger charge is 2.16. The van der Waals surface area contributed by atoms with Crippen molar-refractivity contribution >= 4 is 28.2 Å². The minimum Gasteiger partial charge on any atom is -0.373 e. The van der Waals surface area contributed by atoms with E-state index < -0.39 is 11.0 Å². The number of anilines is 1. The molecule has 0 saturated heterocycles. The average Bonchev–Trinajstić information content (AvgIpc) is 2.45. The Hall–Kier alpha value is -2.70. The molecule has 0 aliphatic heterocycles. The highest BCUT2D eigenvalue weighted by atomic mass is 16.6. The maximum Gasteiger partial charge on any atom is 0.295 e. The summed E-state index contributed by atoms with van der Waals surface area (Å²) < 4.78 is 0. The Morgan fingerprint density at radius 3 is 2.80 bits per heavy atom. The molecular formula is C13H14N4O3. The number of nitrogens with one attached hydrogen (secondary N) is 2. The van der Waals surface area contributed by atoms with E-state index in [0.717, 1.165) is 0 Å². The van der Waals surface area contributed by atoms with E-state index in [9.17, 15) is 14.9 Å². The van der Waals surface area contributed by atoms with Crippen LogP contribution in [0.2, 0.25) is 0 Å². The molecule has 1 aromatic carbocycles. The van der Waals surface area contributed by atoms with Crippen molar-refractivity contribution in [2.75, 3.05) is 12.4 Å². The normalized spacial score (nSPS) is 11.9. The van der Waals surface area contributed by atoms with Crippen molar-refractivity contribution in [2.45, 2.75) is 13.0 Å². The number of para-hydroxylation sites is 1. The van der Waals surface area contributed by atoms with Crippen LogP contribution in [0.15, 0.2) is 30.5 Å². The first-order valence-corrected chi connectivity index (χ1v) is 6.05. The number of nitro benzene ring substituents is 1. The van der Waals surface area contributed by atoms with Gasteiger partial charge in [-0.1, -0.05) is 12.1 Å². The number of pyridine rings is 1. The molecule has 0 aliphatic carbocycles. The number of carbonyl (C=O) groups is 1. The number of aromatic nitrogens is 1. The molecule has 1 unspecified atom stereocenters. The fraction of sp³-hybridized carbons (Fsp3) is 0.231. The average molecular weight is 274 g/mol. The molecule has 2 N–H and O–H groups in total.